The summed E-state index contributed by atoms with van der Waals surface area (Å²) in [5.74, 6) is -1.22. The van der Waals surface area contributed by atoms with Crippen LogP contribution < -0.4 is 10.2 Å². The maximum atomic E-state index is 12.9. The third kappa shape index (κ3) is 3.13. The van der Waals surface area contributed by atoms with Gasteiger partial charge in [0, 0.05) is 12.6 Å². The van der Waals surface area contributed by atoms with Crippen molar-refractivity contribution in [3.63, 3.8) is 0 Å². The lowest BCUT2D eigenvalue weighted by Crippen LogP contribution is -2.31. The second-order valence-corrected chi connectivity index (χ2v) is 6.54. The van der Waals surface area contributed by atoms with Crippen molar-refractivity contribution in [1.82, 2.24) is 0 Å². The molecule has 0 fully saturated rings. The topological polar surface area (TPSA) is 66.5 Å². The van der Waals surface area contributed by atoms with Crippen LogP contribution in [-0.4, -0.2) is 17.7 Å². The van der Waals surface area contributed by atoms with Gasteiger partial charge in [0.05, 0.1) is 11.3 Å². The van der Waals surface area contributed by atoms with Gasteiger partial charge < -0.3 is 5.32 Å². The molecule has 26 heavy (non-hydrogen) atoms. The molecule has 0 spiro atoms. The average Bonchev–Trinajstić information content (AvgIpc) is 2.80. The first kappa shape index (κ1) is 17.9. The van der Waals surface area contributed by atoms with Crippen LogP contribution in [0.15, 0.2) is 47.5 Å². The Bertz CT molecular complexity index is 962. The number of nitrogens with zero attached hydrogens (tertiary/aromatic N) is 1. The fourth-order valence-electron chi connectivity index (χ4n) is 2.78. The molecule has 1 heterocycles. The second kappa shape index (κ2) is 6.77. The SMILES string of the molecule is CC(=O)Nc1ccc(N2C(=O)C(Cl)=C(c3ccc(C)c(C)c3)C2=O)cc1. The predicted octanol–water partition coefficient (Wildman–Crippen LogP) is 3.79. The molecule has 2 aromatic carbocycles. The molecule has 0 saturated heterocycles. The minimum Gasteiger partial charge on any atom is -0.326 e. The molecule has 6 heteroatoms. The van der Waals surface area contributed by atoms with Crippen molar-refractivity contribution in [1.29, 1.82) is 0 Å². The Kier molecular flexibility index (Phi) is 4.66. The molecular weight excluding hydrogens is 352 g/mol. The fraction of sp³-hybridized carbons (Fsp3) is 0.150. The summed E-state index contributed by atoms with van der Waals surface area (Å²) in [6.45, 7) is 5.31. The van der Waals surface area contributed by atoms with Gasteiger partial charge >= 0.3 is 0 Å². The summed E-state index contributed by atoms with van der Waals surface area (Å²) in [5.41, 5.74) is 3.89. The Morgan fingerprint density at radius 1 is 0.962 bits per heavy atom. The Morgan fingerprint density at radius 3 is 2.19 bits per heavy atom. The summed E-state index contributed by atoms with van der Waals surface area (Å²) < 4.78 is 0. The third-order valence-electron chi connectivity index (χ3n) is 4.27. The van der Waals surface area contributed by atoms with Gasteiger partial charge in [-0.25, -0.2) is 4.90 Å². The van der Waals surface area contributed by atoms with Crippen molar-refractivity contribution < 1.29 is 14.4 Å². The van der Waals surface area contributed by atoms with E-state index in [1.54, 1.807) is 30.3 Å². The summed E-state index contributed by atoms with van der Waals surface area (Å²) >= 11 is 6.21. The number of rotatable bonds is 3. The average molecular weight is 369 g/mol. The Hall–Kier alpha value is -2.92. The maximum Gasteiger partial charge on any atom is 0.277 e. The summed E-state index contributed by atoms with van der Waals surface area (Å²) in [7, 11) is 0. The van der Waals surface area contributed by atoms with Crippen molar-refractivity contribution in [2.75, 3.05) is 10.2 Å². The van der Waals surface area contributed by atoms with Crippen molar-refractivity contribution in [3.05, 3.63) is 64.2 Å². The van der Waals surface area contributed by atoms with Gasteiger partial charge in [0.1, 0.15) is 5.03 Å². The van der Waals surface area contributed by atoms with Crippen LogP contribution in [0.3, 0.4) is 0 Å². The molecule has 3 rings (SSSR count). The molecule has 1 N–H and O–H groups in total. The lowest BCUT2D eigenvalue weighted by atomic mass is 10.0. The minimum absolute atomic E-state index is 0.0933. The number of anilines is 2. The van der Waals surface area contributed by atoms with Crippen LogP contribution in [0.5, 0.6) is 0 Å². The van der Waals surface area contributed by atoms with Gasteiger partial charge in [-0.1, -0.05) is 29.8 Å². The zero-order valence-corrected chi connectivity index (χ0v) is 15.3. The predicted molar refractivity (Wildman–Crippen MR) is 102 cm³/mol. The molecule has 1 aliphatic heterocycles. The lowest BCUT2D eigenvalue weighted by molar-refractivity contribution is -0.120. The maximum absolute atomic E-state index is 12.9. The number of hydrogen-bond acceptors (Lipinski definition) is 3. The highest BCUT2D eigenvalue weighted by Crippen LogP contribution is 2.35. The van der Waals surface area contributed by atoms with E-state index in [-0.39, 0.29) is 16.5 Å². The van der Waals surface area contributed by atoms with Gasteiger partial charge in [0.2, 0.25) is 5.91 Å². The van der Waals surface area contributed by atoms with Crippen molar-refractivity contribution in [2.45, 2.75) is 20.8 Å². The smallest absolute Gasteiger partial charge is 0.277 e. The van der Waals surface area contributed by atoms with E-state index in [1.807, 2.05) is 26.0 Å². The van der Waals surface area contributed by atoms with Gasteiger partial charge in [-0.3, -0.25) is 14.4 Å². The van der Waals surface area contributed by atoms with Crippen LogP contribution in [0.25, 0.3) is 5.57 Å². The number of imide groups is 1. The van der Waals surface area contributed by atoms with Crippen LogP contribution in [0.4, 0.5) is 11.4 Å². The monoisotopic (exact) mass is 368 g/mol. The highest BCUT2D eigenvalue weighted by molar-refractivity contribution is 6.60. The van der Waals surface area contributed by atoms with E-state index in [1.165, 1.54) is 6.92 Å². The number of halogens is 1. The first-order valence-corrected chi connectivity index (χ1v) is 8.41. The van der Waals surface area contributed by atoms with Gasteiger partial charge in [0.15, 0.2) is 0 Å². The van der Waals surface area contributed by atoms with Crippen LogP contribution in [0, 0.1) is 13.8 Å². The molecule has 0 atom stereocenters. The molecule has 132 valence electrons. The zero-order chi connectivity index (χ0) is 19.0. The molecule has 5 nitrogen and oxygen atoms in total. The molecule has 0 unspecified atom stereocenters. The van der Waals surface area contributed by atoms with Crippen molar-refractivity contribution in [2.24, 2.45) is 0 Å². The number of carbonyl (C=O) groups excluding carboxylic acids is 3. The van der Waals surface area contributed by atoms with Crippen LogP contribution in [-0.2, 0) is 14.4 Å². The number of benzene rings is 2. The molecule has 0 radical (unpaired) electrons. The van der Waals surface area contributed by atoms with Gasteiger partial charge in [0.25, 0.3) is 11.8 Å². The van der Waals surface area contributed by atoms with Gasteiger partial charge in [-0.15, -0.1) is 0 Å². The summed E-state index contributed by atoms with van der Waals surface area (Å²) in [6.07, 6.45) is 0. The molecule has 2 aromatic rings. The fourth-order valence-corrected chi connectivity index (χ4v) is 3.06. The number of aryl methyl sites for hydroxylation is 2. The second-order valence-electron chi connectivity index (χ2n) is 6.16. The van der Waals surface area contributed by atoms with Crippen LogP contribution in [0.2, 0.25) is 0 Å². The van der Waals surface area contributed by atoms with E-state index >= 15 is 0 Å². The van der Waals surface area contributed by atoms with Crippen molar-refractivity contribution >= 4 is 46.3 Å². The largest absolute Gasteiger partial charge is 0.326 e. The standard InChI is InChI=1S/C20H17ClN2O3/c1-11-4-5-14(10-12(11)2)17-18(21)20(26)23(19(17)25)16-8-6-15(7-9-16)22-13(3)24/h4-10H,1-3H3,(H,22,24). The Labute approximate surface area is 156 Å². The summed E-state index contributed by atoms with van der Waals surface area (Å²) in [4.78, 5) is 37.6. The number of carbonyl (C=O) groups is 3. The lowest BCUT2D eigenvalue weighted by Gasteiger charge is -2.15. The summed E-state index contributed by atoms with van der Waals surface area (Å²) in [6, 6.07) is 12.0. The normalized spacial score (nSPS) is 14.2. The molecule has 0 saturated carbocycles. The molecule has 1 aliphatic rings. The Balaban J connectivity index is 1.95. The van der Waals surface area contributed by atoms with E-state index in [2.05, 4.69) is 5.32 Å². The number of amides is 3. The van der Waals surface area contributed by atoms with Gasteiger partial charge in [-0.2, -0.15) is 0 Å². The zero-order valence-electron chi connectivity index (χ0n) is 14.6. The van der Waals surface area contributed by atoms with E-state index in [4.69, 9.17) is 11.6 Å². The van der Waals surface area contributed by atoms with E-state index in [0.717, 1.165) is 16.0 Å². The molecule has 0 aliphatic carbocycles. The molecule has 0 bridgehead atoms. The Morgan fingerprint density at radius 2 is 1.62 bits per heavy atom. The van der Waals surface area contributed by atoms with Crippen molar-refractivity contribution in [3.8, 4) is 0 Å². The minimum atomic E-state index is -0.558. The first-order valence-electron chi connectivity index (χ1n) is 8.03. The van der Waals surface area contributed by atoms with Crippen LogP contribution >= 0.6 is 11.6 Å². The van der Waals surface area contributed by atoms with E-state index in [0.29, 0.717) is 16.9 Å². The highest BCUT2D eigenvalue weighted by Gasteiger charge is 2.39. The molecule has 3 amide bonds. The highest BCUT2D eigenvalue weighted by atomic mass is 35.5. The first-order chi connectivity index (χ1) is 12.3. The number of nitrogens with one attached hydrogen (secondary N) is 1. The quantitative estimate of drug-likeness (QED) is 0.838. The van der Waals surface area contributed by atoms with E-state index < -0.39 is 11.8 Å². The summed E-state index contributed by atoms with van der Waals surface area (Å²) in [5, 5.41) is 2.54. The third-order valence-corrected chi connectivity index (χ3v) is 4.62. The molecular formula is C20H17ClN2O3. The van der Waals surface area contributed by atoms with Crippen LogP contribution in [0.1, 0.15) is 23.6 Å². The van der Waals surface area contributed by atoms with Gasteiger partial charge in [-0.05, 0) is 54.8 Å². The molecule has 0 aromatic heterocycles. The number of hydrogen-bond donors (Lipinski definition) is 1. The van der Waals surface area contributed by atoms with E-state index in [9.17, 15) is 14.4 Å².